The van der Waals surface area contributed by atoms with E-state index in [4.69, 9.17) is 4.74 Å². The number of benzene rings is 1. The molecule has 20 heavy (non-hydrogen) atoms. The molecule has 0 amide bonds. The fourth-order valence-corrected chi connectivity index (χ4v) is 7.07. The Balaban J connectivity index is 1.77. The number of hydrogen-bond donors (Lipinski definition) is 0. The van der Waals surface area contributed by atoms with Gasteiger partial charge in [-0.3, -0.25) is 0 Å². The van der Waals surface area contributed by atoms with Gasteiger partial charge in [-0.05, 0) is 83.6 Å². The van der Waals surface area contributed by atoms with Gasteiger partial charge in [0.2, 0.25) is 0 Å². The number of rotatable bonds is 2. The second-order valence-electron chi connectivity index (χ2n) is 7.16. The molecule has 110 valence electrons. The van der Waals surface area contributed by atoms with Gasteiger partial charge in [-0.2, -0.15) is 0 Å². The highest BCUT2D eigenvalue weighted by molar-refractivity contribution is 7.98. The maximum Gasteiger partial charge on any atom is 0.155 e. The molecule has 2 bridgehead atoms. The van der Waals surface area contributed by atoms with Crippen LogP contribution >= 0.6 is 0 Å². The van der Waals surface area contributed by atoms with Crippen molar-refractivity contribution in [3.05, 3.63) is 24.3 Å². The molecule has 0 aliphatic carbocycles. The third kappa shape index (κ3) is 3.16. The van der Waals surface area contributed by atoms with Gasteiger partial charge in [-0.15, -0.1) is 0 Å². The molecule has 2 aliphatic heterocycles. The predicted molar refractivity (Wildman–Crippen MR) is 87.7 cm³/mol. The minimum atomic E-state index is -0.106. The maximum atomic E-state index is 5.94. The van der Waals surface area contributed by atoms with Crippen molar-refractivity contribution in [2.75, 3.05) is 0 Å². The average molecular weight is 291 g/mol. The van der Waals surface area contributed by atoms with Crippen LogP contribution in [0.3, 0.4) is 0 Å². The Kier molecular flexibility index (Phi) is 4.03. The summed E-state index contributed by atoms with van der Waals surface area (Å²) in [7, 11) is 0.509. The molecule has 0 atom stereocenters. The van der Waals surface area contributed by atoms with Gasteiger partial charge in [-0.25, -0.2) is 0 Å². The van der Waals surface area contributed by atoms with Crippen molar-refractivity contribution in [2.45, 2.75) is 80.3 Å². The highest BCUT2D eigenvalue weighted by Crippen LogP contribution is 2.42. The summed E-state index contributed by atoms with van der Waals surface area (Å²) in [6.07, 6.45) is 8.76. The zero-order chi connectivity index (χ0) is 14.2. The summed E-state index contributed by atoms with van der Waals surface area (Å²) < 4.78 is 5.94. The third-order valence-corrected chi connectivity index (χ3v) is 7.54. The minimum absolute atomic E-state index is 0.106. The standard InChI is InChI=1S/C18H27OS/c1-18(2,3)19-14-10-12-17(13-11-14)20-15-6-4-7-16(20)9-5-8-15/h10-13,15-16H,4-9H2,1-3H3/q+1. The normalized spacial score (nSPS) is 30.1. The van der Waals surface area contributed by atoms with Gasteiger partial charge in [0.05, 0.1) is 0 Å². The van der Waals surface area contributed by atoms with Crippen LogP contribution < -0.4 is 4.74 Å². The van der Waals surface area contributed by atoms with E-state index in [0.29, 0.717) is 10.9 Å². The Morgan fingerprint density at radius 1 is 0.900 bits per heavy atom. The molecule has 2 heteroatoms. The highest BCUT2D eigenvalue weighted by Gasteiger charge is 2.45. The molecule has 0 aromatic heterocycles. The van der Waals surface area contributed by atoms with Crippen LogP contribution in [0.25, 0.3) is 0 Å². The summed E-state index contributed by atoms with van der Waals surface area (Å²) in [6, 6.07) is 9.03. The molecule has 3 rings (SSSR count). The second-order valence-corrected chi connectivity index (χ2v) is 9.71. The van der Waals surface area contributed by atoms with E-state index in [1.165, 1.54) is 38.5 Å². The topological polar surface area (TPSA) is 9.23 Å². The summed E-state index contributed by atoms with van der Waals surface area (Å²) in [5.41, 5.74) is -0.106. The number of fused-ring (bicyclic) bond motifs is 2. The van der Waals surface area contributed by atoms with Crippen LogP contribution in [-0.2, 0) is 10.9 Å². The van der Waals surface area contributed by atoms with E-state index in [-0.39, 0.29) is 5.60 Å². The lowest BCUT2D eigenvalue weighted by Gasteiger charge is -2.34. The van der Waals surface area contributed by atoms with E-state index < -0.39 is 0 Å². The van der Waals surface area contributed by atoms with Gasteiger partial charge >= 0.3 is 0 Å². The van der Waals surface area contributed by atoms with Gasteiger partial charge in [0.15, 0.2) is 4.90 Å². The molecular formula is C18H27OS+. The SMILES string of the molecule is CC(C)(C)Oc1ccc([S+]2C3CCCC2CCC3)cc1. The first kappa shape index (κ1) is 14.3. The van der Waals surface area contributed by atoms with Crippen molar-refractivity contribution in [1.82, 2.24) is 0 Å². The van der Waals surface area contributed by atoms with Crippen molar-refractivity contribution in [3.63, 3.8) is 0 Å². The lowest BCUT2D eigenvalue weighted by molar-refractivity contribution is 0.131. The first-order valence-corrected chi connectivity index (χ1v) is 9.39. The molecule has 0 unspecified atom stereocenters. The predicted octanol–water partition coefficient (Wildman–Crippen LogP) is 4.95. The third-order valence-electron chi connectivity index (χ3n) is 4.34. The fourth-order valence-electron chi connectivity index (χ4n) is 3.62. The number of hydrogen-bond acceptors (Lipinski definition) is 1. The van der Waals surface area contributed by atoms with E-state index >= 15 is 0 Å². The van der Waals surface area contributed by atoms with Crippen LogP contribution in [0.1, 0.15) is 59.3 Å². The van der Waals surface area contributed by atoms with Crippen LogP contribution in [0.4, 0.5) is 0 Å². The van der Waals surface area contributed by atoms with Gasteiger partial charge in [-0.1, -0.05) is 0 Å². The molecule has 1 aromatic rings. The largest absolute Gasteiger partial charge is 0.488 e. The fraction of sp³-hybridized carbons (Fsp3) is 0.667. The van der Waals surface area contributed by atoms with Gasteiger partial charge in [0.25, 0.3) is 0 Å². The molecule has 0 radical (unpaired) electrons. The van der Waals surface area contributed by atoms with E-state index in [9.17, 15) is 0 Å². The summed E-state index contributed by atoms with van der Waals surface area (Å²) >= 11 is 0. The lowest BCUT2D eigenvalue weighted by atomic mass is 9.99. The zero-order valence-electron chi connectivity index (χ0n) is 13.0. The van der Waals surface area contributed by atoms with Crippen LogP contribution in [0.2, 0.25) is 0 Å². The molecular weight excluding hydrogens is 264 g/mol. The summed E-state index contributed by atoms with van der Waals surface area (Å²) in [5, 5.41) is 1.94. The first-order valence-electron chi connectivity index (χ1n) is 8.04. The van der Waals surface area contributed by atoms with Crippen molar-refractivity contribution in [2.24, 2.45) is 0 Å². The Bertz CT molecular complexity index is 423. The number of ether oxygens (including phenoxy) is 1. The van der Waals surface area contributed by atoms with E-state index in [1.807, 2.05) is 0 Å². The Morgan fingerprint density at radius 2 is 1.40 bits per heavy atom. The van der Waals surface area contributed by atoms with E-state index in [1.54, 1.807) is 4.90 Å². The summed E-state index contributed by atoms with van der Waals surface area (Å²) in [6.45, 7) is 6.32. The van der Waals surface area contributed by atoms with E-state index in [2.05, 4.69) is 45.0 Å². The highest BCUT2D eigenvalue weighted by atomic mass is 32.2. The average Bonchev–Trinajstić information content (AvgIpc) is 2.37. The second kappa shape index (κ2) is 5.63. The molecule has 1 nitrogen and oxygen atoms in total. The summed E-state index contributed by atoms with van der Waals surface area (Å²) in [5.74, 6) is 1.01. The quantitative estimate of drug-likeness (QED) is 0.701. The van der Waals surface area contributed by atoms with Crippen LogP contribution in [0.5, 0.6) is 5.75 Å². The monoisotopic (exact) mass is 291 g/mol. The lowest BCUT2D eigenvalue weighted by Crippen LogP contribution is -2.40. The Morgan fingerprint density at radius 3 is 1.85 bits per heavy atom. The Hall–Kier alpha value is -0.630. The Labute approximate surface area is 126 Å². The van der Waals surface area contributed by atoms with Crippen LogP contribution in [0, 0.1) is 0 Å². The van der Waals surface area contributed by atoms with Gasteiger partial charge < -0.3 is 4.74 Å². The van der Waals surface area contributed by atoms with Crippen molar-refractivity contribution >= 4 is 10.9 Å². The van der Waals surface area contributed by atoms with Gasteiger partial charge in [0.1, 0.15) is 21.9 Å². The summed E-state index contributed by atoms with van der Waals surface area (Å²) in [4.78, 5) is 1.58. The molecule has 2 heterocycles. The molecule has 2 aliphatic rings. The zero-order valence-corrected chi connectivity index (χ0v) is 13.8. The maximum absolute atomic E-state index is 5.94. The smallest absolute Gasteiger partial charge is 0.155 e. The molecule has 0 spiro atoms. The molecule has 2 fully saturated rings. The molecule has 1 aromatic carbocycles. The van der Waals surface area contributed by atoms with Crippen molar-refractivity contribution < 1.29 is 4.74 Å². The molecule has 0 saturated carbocycles. The van der Waals surface area contributed by atoms with Crippen LogP contribution in [0.15, 0.2) is 29.2 Å². The van der Waals surface area contributed by atoms with E-state index in [0.717, 1.165) is 16.2 Å². The minimum Gasteiger partial charge on any atom is -0.488 e. The molecule has 2 saturated heterocycles. The van der Waals surface area contributed by atoms with Crippen molar-refractivity contribution in [1.29, 1.82) is 0 Å². The first-order chi connectivity index (χ1) is 9.53. The van der Waals surface area contributed by atoms with Crippen LogP contribution in [-0.4, -0.2) is 16.1 Å². The molecule has 0 N–H and O–H groups in total. The van der Waals surface area contributed by atoms with Crippen molar-refractivity contribution in [3.8, 4) is 5.75 Å². The van der Waals surface area contributed by atoms with Gasteiger partial charge in [0, 0.05) is 10.9 Å².